The molecule has 112 valence electrons. The molecule has 5 heteroatoms. The van der Waals surface area contributed by atoms with Crippen LogP contribution in [0.2, 0.25) is 0 Å². The van der Waals surface area contributed by atoms with E-state index in [1.54, 1.807) is 12.1 Å². The number of aryl methyl sites for hydroxylation is 1. The Morgan fingerprint density at radius 3 is 2.18 bits per heavy atom. The van der Waals surface area contributed by atoms with E-state index in [1.165, 1.54) is 6.07 Å². The average Bonchev–Trinajstić information content (AvgIpc) is 2.48. The Balaban J connectivity index is 2.25. The molecule has 3 aromatic carbocycles. The summed E-state index contributed by atoms with van der Waals surface area (Å²) in [5, 5.41) is 4.48. The zero-order valence-electron chi connectivity index (χ0n) is 11.9. The van der Waals surface area contributed by atoms with Gasteiger partial charge in [0.1, 0.15) is 4.90 Å². The molecule has 2 N–H and O–H groups in total. The van der Waals surface area contributed by atoms with Gasteiger partial charge in [-0.25, -0.2) is 0 Å². The minimum absolute atomic E-state index is 0.0957. The van der Waals surface area contributed by atoms with Crippen LogP contribution in [-0.4, -0.2) is 13.0 Å². The second-order valence-corrected chi connectivity index (χ2v) is 6.46. The molecule has 0 saturated carbocycles. The Morgan fingerprint density at radius 1 is 0.864 bits per heavy atom. The number of benzene rings is 3. The van der Waals surface area contributed by atoms with E-state index in [1.807, 2.05) is 49.4 Å². The van der Waals surface area contributed by atoms with Crippen molar-refractivity contribution < 1.29 is 13.0 Å². The second kappa shape index (κ2) is 5.44. The Kier molecular flexibility index (Phi) is 3.60. The fraction of sp³-hybridized carbons (Fsp3) is 0.0588. The van der Waals surface area contributed by atoms with E-state index in [4.69, 9.17) is 0 Å². The molecule has 0 radical (unpaired) electrons. The van der Waals surface area contributed by atoms with Crippen molar-refractivity contribution in [1.29, 1.82) is 0 Å². The van der Waals surface area contributed by atoms with Crippen LogP contribution in [0.15, 0.2) is 65.6 Å². The van der Waals surface area contributed by atoms with Gasteiger partial charge in [0.05, 0.1) is 0 Å². The van der Waals surface area contributed by atoms with Crippen molar-refractivity contribution in [2.24, 2.45) is 0 Å². The van der Waals surface area contributed by atoms with Gasteiger partial charge in [-0.3, -0.25) is 4.55 Å². The van der Waals surface area contributed by atoms with Crippen LogP contribution in [0, 0.1) is 6.92 Å². The van der Waals surface area contributed by atoms with Gasteiger partial charge in [0, 0.05) is 16.8 Å². The minimum Gasteiger partial charge on any atom is -0.355 e. The van der Waals surface area contributed by atoms with Crippen molar-refractivity contribution in [3.63, 3.8) is 0 Å². The number of anilines is 2. The van der Waals surface area contributed by atoms with Gasteiger partial charge >= 0.3 is 0 Å². The summed E-state index contributed by atoms with van der Waals surface area (Å²) in [6, 6.07) is 18.0. The summed E-state index contributed by atoms with van der Waals surface area (Å²) in [5.74, 6) is 0. The van der Waals surface area contributed by atoms with Crippen molar-refractivity contribution >= 4 is 32.3 Å². The van der Waals surface area contributed by atoms with Crippen LogP contribution in [0.25, 0.3) is 10.8 Å². The van der Waals surface area contributed by atoms with Crippen LogP contribution in [0.5, 0.6) is 0 Å². The number of nitrogens with one attached hydrogen (secondary N) is 1. The smallest absolute Gasteiger partial charge is 0.295 e. The first-order chi connectivity index (χ1) is 10.5. The summed E-state index contributed by atoms with van der Waals surface area (Å²) in [4.78, 5) is -0.0957. The van der Waals surface area contributed by atoms with Gasteiger partial charge < -0.3 is 5.32 Å². The maximum atomic E-state index is 11.6. The Hall–Kier alpha value is -2.37. The van der Waals surface area contributed by atoms with Gasteiger partial charge in [-0.2, -0.15) is 8.42 Å². The Labute approximate surface area is 129 Å². The molecule has 3 aromatic rings. The van der Waals surface area contributed by atoms with Gasteiger partial charge in [0.15, 0.2) is 0 Å². The van der Waals surface area contributed by atoms with Crippen molar-refractivity contribution in [2.75, 3.05) is 5.32 Å². The highest BCUT2D eigenvalue weighted by Crippen LogP contribution is 2.32. The lowest BCUT2D eigenvalue weighted by atomic mass is 10.1. The molecular weight excluding hydrogens is 298 g/mol. The molecule has 0 spiro atoms. The minimum atomic E-state index is -4.29. The zero-order chi connectivity index (χ0) is 15.7. The summed E-state index contributed by atoms with van der Waals surface area (Å²) < 4.78 is 32.8. The first kappa shape index (κ1) is 14.6. The van der Waals surface area contributed by atoms with Crippen molar-refractivity contribution in [3.05, 3.63) is 66.2 Å². The normalized spacial score (nSPS) is 11.5. The van der Waals surface area contributed by atoms with E-state index in [0.717, 1.165) is 16.6 Å². The maximum Gasteiger partial charge on any atom is 0.295 e. The van der Waals surface area contributed by atoms with Crippen molar-refractivity contribution in [3.8, 4) is 0 Å². The molecule has 0 aliphatic heterocycles. The topological polar surface area (TPSA) is 66.4 Å². The van der Waals surface area contributed by atoms with E-state index in [-0.39, 0.29) is 4.90 Å². The number of para-hydroxylation sites is 1. The fourth-order valence-corrected chi connectivity index (χ4v) is 3.22. The van der Waals surface area contributed by atoms with Crippen LogP contribution < -0.4 is 5.32 Å². The molecule has 0 fully saturated rings. The monoisotopic (exact) mass is 313 g/mol. The lowest BCUT2D eigenvalue weighted by Gasteiger charge is -2.14. The molecule has 0 heterocycles. The van der Waals surface area contributed by atoms with Gasteiger partial charge in [0.2, 0.25) is 0 Å². The van der Waals surface area contributed by atoms with Gasteiger partial charge in [-0.1, -0.05) is 42.5 Å². The van der Waals surface area contributed by atoms with Crippen LogP contribution in [0.1, 0.15) is 5.56 Å². The highest BCUT2D eigenvalue weighted by Gasteiger charge is 2.16. The SMILES string of the molecule is Cc1ccccc1Nc1cccc2cccc(S(=O)(=O)O)c12. The number of fused-ring (bicyclic) bond motifs is 1. The van der Waals surface area contributed by atoms with E-state index in [9.17, 15) is 13.0 Å². The Morgan fingerprint density at radius 2 is 1.50 bits per heavy atom. The zero-order valence-corrected chi connectivity index (χ0v) is 12.8. The van der Waals surface area contributed by atoms with Crippen LogP contribution in [0.3, 0.4) is 0 Å². The summed E-state index contributed by atoms with van der Waals surface area (Å²) in [5.41, 5.74) is 2.57. The third-order valence-electron chi connectivity index (χ3n) is 3.56. The second-order valence-electron chi connectivity index (χ2n) is 5.07. The van der Waals surface area contributed by atoms with E-state index in [0.29, 0.717) is 11.1 Å². The van der Waals surface area contributed by atoms with Gasteiger partial charge in [0.25, 0.3) is 10.1 Å². The van der Waals surface area contributed by atoms with E-state index in [2.05, 4.69) is 5.32 Å². The first-order valence-corrected chi connectivity index (χ1v) is 8.23. The lowest BCUT2D eigenvalue weighted by molar-refractivity contribution is 0.484. The van der Waals surface area contributed by atoms with Crippen molar-refractivity contribution in [1.82, 2.24) is 0 Å². The maximum absolute atomic E-state index is 11.6. The third kappa shape index (κ3) is 2.68. The summed E-state index contributed by atoms with van der Waals surface area (Å²) >= 11 is 0. The molecule has 0 aromatic heterocycles. The number of hydrogen-bond donors (Lipinski definition) is 2. The predicted molar refractivity (Wildman–Crippen MR) is 88.2 cm³/mol. The van der Waals surface area contributed by atoms with Crippen LogP contribution in [0.4, 0.5) is 11.4 Å². The molecule has 0 atom stereocenters. The molecule has 0 aliphatic carbocycles. The standard InChI is InChI=1S/C17H15NO3S/c1-12-6-2-3-9-14(12)18-15-10-4-7-13-8-5-11-16(17(13)15)22(19,20)21/h2-11,18H,1H3,(H,19,20,21). The first-order valence-electron chi connectivity index (χ1n) is 6.79. The summed E-state index contributed by atoms with van der Waals surface area (Å²) in [7, 11) is -4.29. The molecule has 3 rings (SSSR count). The molecule has 4 nitrogen and oxygen atoms in total. The Bertz CT molecular complexity index is 944. The molecular formula is C17H15NO3S. The number of rotatable bonds is 3. The highest BCUT2D eigenvalue weighted by atomic mass is 32.2. The number of hydrogen-bond acceptors (Lipinski definition) is 3. The van der Waals surface area contributed by atoms with Crippen molar-refractivity contribution in [2.45, 2.75) is 11.8 Å². The van der Waals surface area contributed by atoms with Gasteiger partial charge in [-0.15, -0.1) is 0 Å². The molecule has 0 aliphatic rings. The average molecular weight is 313 g/mol. The third-order valence-corrected chi connectivity index (χ3v) is 4.45. The van der Waals surface area contributed by atoms with E-state index >= 15 is 0 Å². The fourth-order valence-electron chi connectivity index (χ4n) is 2.48. The van der Waals surface area contributed by atoms with E-state index < -0.39 is 10.1 Å². The molecule has 0 amide bonds. The molecule has 0 unspecified atom stereocenters. The van der Waals surface area contributed by atoms with Crippen LogP contribution >= 0.6 is 0 Å². The molecule has 22 heavy (non-hydrogen) atoms. The summed E-state index contributed by atoms with van der Waals surface area (Å²) in [6.07, 6.45) is 0. The van der Waals surface area contributed by atoms with Crippen LogP contribution in [-0.2, 0) is 10.1 Å². The summed E-state index contributed by atoms with van der Waals surface area (Å²) in [6.45, 7) is 1.97. The predicted octanol–water partition coefficient (Wildman–Crippen LogP) is 4.14. The molecule has 0 saturated heterocycles. The highest BCUT2D eigenvalue weighted by molar-refractivity contribution is 7.86. The lowest BCUT2D eigenvalue weighted by Crippen LogP contribution is -2.01. The largest absolute Gasteiger partial charge is 0.355 e. The quantitative estimate of drug-likeness (QED) is 0.713. The molecule has 0 bridgehead atoms. The van der Waals surface area contributed by atoms with Gasteiger partial charge in [-0.05, 0) is 36.1 Å².